The minimum Gasteiger partial charge on any atom is -0.493 e. The van der Waals surface area contributed by atoms with Gasteiger partial charge in [0.05, 0.1) is 27.0 Å². The Morgan fingerprint density at radius 2 is 1.78 bits per heavy atom. The van der Waals surface area contributed by atoms with Crippen molar-refractivity contribution >= 4 is 11.7 Å². The molecular formula is C24H28N4O4. The summed E-state index contributed by atoms with van der Waals surface area (Å²) in [6.45, 7) is 1.59. The van der Waals surface area contributed by atoms with Crippen molar-refractivity contribution < 1.29 is 19.0 Å². The van der Waals surface area contributed by atoms with Gasteiger partial charge >= 0.3 is 0 Å². The first kappa shape index (κ1) is 21.5. The van der Waals surface area contributed by atoms with Crippen molar-refractivity contribution in [3.8, 4) is 28.5 Å². The number of benzene rings is 2. The molecule has 0 aliphatic carbocycles. The van der Waals surface area contributed by atoms with Gasteiger partial charge in [-0.1, -0.05) is 30.3 Å². The summed E-state index contributed by atoms with van der Waals surface area (Å²) in [5, 5.41) is 10.8. The number of methoxy groups -OCH3 is 3. The number of nitrogens with one attached hydrogen (secondary N) is 2. The molecule has 0 spiro atoms. The van der Waals surface area contributed by atoms with Gasteiger partial charge in [-0.15, -0.1) is 0 Å². The molecule has 1 aromatic heterocycles. The van der Waals surface area contributed by atoms with Gasteiger partial charge in [-0.25, -0.2) is 0 Å². The van der Waals surface area contributed by atoms with E-state index in [0.717, 1.165) is 36.5 Å². The largest absolute Gasteiger partial charge is 0.493 e. The average molecular weight is 437 g/mol. The van der Waals surface area contributed by atoms with Crippen LogP contribution < -0.4 is 24.4 Å². The van der Waals surface area contributed by atoms with Gasteiger partial charge in [0.1, 0.15) is 0 Å². The lowest BCUT2D eigenvalue weighted by molar-refractivity contribution is 0.0932. The zero-order chi connectivity index (χ0) is 22.5. The number of rotatable bonds is 7. The Labute approximate surface area is 187 Å². The van der Waals surface area contributed by atoms with Crippen LogP contribution in [-0.2, 0) is 0 Å². The number of H-pyrrole nitrogens is 1. The minimum absolute atomic E-state index is 0.00668. The highest BCUT2D eigenvalue weighted by Crippen LogP contribution is 2.38. The lowest BCUT2D eigenvalue weighted by Crippen LogP contribution is -2.48. The van der Waals surface area contributed by atoms with E-state index in [1.165, 1.54) is 21.3 Å². The highest BCUT2D eigenvalue weighted by atomic mass is 16.5. The number of aromatic nitrogens is 2. The van der Waals surface area contributed by atoms with Crippen molar-refractivity contribution in [1.82, 2.24) is 15.5 Å². The molecule has 1 unspecified atom stereocenters. The van der Waals surface area contributed by atoms with Crippen LogP contribution in [0.15, 0.2) is 48.5 Å². The molecule has 0 bridgehead atoms. The van der Waals surface area contributed by atoms with E-state index in [1.54, 1.807) is 12.1 Å². The van der Waals surface area contributed by atoms with Crippen molar-refractivity contribution in [2.24, 2.45) is 0 Å². The highest BCUT2D eigenvalue weighted by Gasteiger charge is 2.25. The number of nitrogens with zero attached hydrogens (tertiary/aromatic N) is 2. The molecule has 1 aliphatic rings. The van der Waals surface area contributed by atoms with Crippen LogP contribution in [0.25, 0.3) is 11.3 Å². The molecule has 0 radical (unpaired) electrons. The number of hydrogen-bond acceptors (Lipinski definition) is 6. The smallest absolute Gasteiger partial charge is 0.251 e. The fourth-order valence-corrected chi connectivity index (χ4v) is 4.02. The van der Waals surface area contributed by atoms with Crippen molar-refractivity contribution in [2.45, 2.75) is 18.9 Å². The van der Waals surface area contributed by atoms with Gasteiger partial charge in [-0.05, 0) is 30.5 Å². The Balaban J connectivity index is 1.46. The predicted octanol–water partition coefficient (Wildman–Crippen LogP) is 3.50. The average Bonchev–Trinajstić information content (AvgIpc) is 3.34. The number of piperidine rings is 1. The molecule has 2 aromatic carbocycles. The summed E-state index contributed by atoms with van der Waals surface area (Å²) in [7, 11) is 4.60. The van der Waals surface area contributed by atoms with E-state index in [0.29, 0.717) is 29.4 Å². The predicted molar refractivity (Wildman–Crippen MR) is 123 cm³/mol. The van der Waals surface area contributed by atoms with Crippen molar-refractivity contribution in [3.63, 3.8) is 0 Å². The lowest BCUT2D eigenvalue weighted by Gasteiger charge is -2.33. The summed E-state index contributed by atoms with van der Waals surface area (Å²) in [6, 6.07) is 15.5. The molecular weight excluding hydrogens is 408 g/mol. The molecule has 1 amide bonds. The van der Waals surface area contributed by atoms with E-state index in [1.807, 2.05) is 30.3 Å². The Kier molecular flexibility index (Phi) is 6.49. The number of anilines is 1. The third-order valence-corrected chi connectivity index (χ3v) is 5.66. The van der Waals surface area contributed by atoms with Crippen LogP contribution in [0.2, 0.25) is 0 Å². The van der Waals surface area contributed by atoms with Gasteiger partial charge in [0.25, 0.3) is 5.91 Å². The second kappa shape index (κ2) is 9.64. The van der Waals surface area contributed by atoms with Gasteiger partial charge in [0, 0.05) is 30.8 Å². The van der Waals surface area contributed by atoms with Crippen LogP contribution in [0, 0.1) is 0 Å². The van der Waals surface area contributed by atoms with E-state index in [-0.39, 0.29) is 11.9 Å². The Morgan fingerprint density at radius 3 is 2.44 bits per heavy atom. The molecule has 8 heteroatoms. The summed E-state index contributed by atoms with van der Waals surface area (Å²) < 4.78 is 16.1. The number of carbonyl (C=O) groups is 1. The van der Waals surface area contributed by atoms with Crippen LogP contribution >= 0.6 is 0 Å². The second-order valence-electron chi connectivity index (χ2n) is 7.68. The molecule has 1 fully saturated rings. The van der Waals surface area contributed by atoms with Crippen LogP contribution in [0.5, 0.6) is 17.2 Å². The summed E-state index contributed by atoms with van der Waals surface area (Å²) in [6.07, 6.45) is 1.87. The molecule has 2 heterocycles. The quantitative estimate of drug-likeness (QED) is 0.589. The molecule has 8 nitrogen and oxygen atoms in total. The maximum Gasteiger partial charge on any atom is 0.251 e. The van der Waals surface area contributed by atoms with Crippen molar-refractivity contribution in [2.75, 3.05) is 39.3 Å². The van der Waals surface area contributed by atoms with E-state index < -0.39 is 0 Å². The third kappa shape index (κ3) is 4.49. The lowest BCUT2D eigenvalue weighted by atomic mass is 10.0. The van der Waals surface area contributed by atoms with Gasteiger partial charge < -0.3 is 24.4 Å². The summed E-state index contributed by atoms with van der Waals surface area (Å²) >= 11 is 0. The summed E-state index contributed by atoms with van der Waals surface area (Å²) in [4.78, 5) is 15.2. The summed E-state index contributed by atoms with van der Waals surface area (Å²) in [5.74, 6) is 2.07. The maximum atomic E-state index is 13.0. The molecule has 4 rings (SSSR count). The first-order valence-electron chi connectivity index (χ1n) is 10.6. The highest BCUT2D eigenvalue weighted by molar-refractivity contribution is 5.96. The van der Waals surface area contributed by atoms with Crippen molar-refractivity contribution in [1.29, 1.82) is 0 Å². The molecule has 3 aromatic rings. The number of hydrogen-bond donors (Lipinski definition) is 2. The fraction of sp³-hybridized carbons (Fsp3) is 0.333. The molecule has 2 N–H and O–H groups in total. The molecule has 1 atom stereocenters. The zero-order valence-corrected chi connectivity index (χ0v) is 18.6. The van der Waals surface area contributed by atoms with Gasteiger partial charge in [-0.2, -0.15) is 5.10 Å². The molecule has 168 valence electrons. The van der Waals surface area contributed by atoms with Crippen molar-refractivity contribution in [3.05, 3.63) is 54.1 Å². The normalized spacial score (nSPS) is 15.8. The van der Waals surface area contributed by atoms with Crippen LogP contribution in [0.4, 0.5) is 5.82 Å². The van der Waals surface area contributed by atoms with Gasteiger partial charge in [0.2, 0.25) is 5.75 Å². The first-order chi connectivity index (χ1) is 15.6. The van der Waals surface area contributed by atoms with Gasteiger partial charge in [-0.3, -0.25) is 9.89 Å². The number of ether oxygens (including phenoxy) is 3. The topological polar surface area (TPSA) is 88.7 Å². The Bertz CT molecular complexity index is 1040. The van der Waals surface area contributed by atoms with Crippen LogP contribution in [-0.4, -0.2) is 56.6 Å². The molecule has 1 saturated heterocycles. The molecule has 1 aliphatic heterocycles. The maximum absolute atomic E-state index is 13.0. The van der Waals surface area contributed by atoms with Crippen LogP contribution in [0.1, 0.15) is 23.2 Å². The Hall–Kier alpha value is -3.68. The minimum atomic E-state index is -0.178. The fourth-order valence-electron chi connectivity index (χ4n) is 4.02. The van der Waals surface area contributed by atoms with E-state index in [2.05, 4.69) is 26.5 Å². The third-order valence-electron chi connectivity index (χ3n) is 5.66. The first-order valence-corrected chi connectivity index (χ1v) is 10.6. The Morgan fingerprint density at radius 1 is 1.06 bits per heavy atom. The monoisotopic (exact) mass is 436 g/mol. The number of carbonyl (C=O) groups excluding carboxylic acids is 1. The van der Waals surface area contributed by atoms with Crippen LogP contribution in [0.3, 0.4) is 0 Å². The SMILES string of the molecule is COc1cc(C(=O)NC2CCCN(c3cc(-c4ccccc4)[nH]n3)C2)cc(OC)c1OC. The van der Waals surface area contributed by atoms with E-state index in [9.17, 15) is 4.79 Å². The number of amides is 1. The zero-order valence-electron chi connectivity index (χ0n) is 18.6. The summed E-state index contributed by atoms with van der Waals surface area (Å²) in [5.41, 5.74) is 2.53. The van der Waals surface area contributed by atoms with E-state index in [4.69, 9.17) is 14.2 Å². The van der Waals surface area contributed by atoms with E-state index >= 15 is 0 Å². The number of aromatic amines is 1. The standard InChI is InChI=1S/C24H28N4O4/c1-30-20-12-17(13-21(31-2)23(20)32-3)24(29)25-18-10-7-11-28(15-18)22-14-19(26-27-22)16-8-5-4-6-9-16/h4-6,8-9,12-14,18H,7,10-11,15H2,1-3H3,(H,25,29)(H,26,27). The molecule has 0 saturated carbocycles. The second-order valence-corrected chi connectivity index (χ2v) is 7.68. The van der Waals surface area contributed by atoms with Gasteiger partial charge in [0.15, 0.2) is 17.3 Å². The molecule has 32 heavy (non-hydrogen) atoms.